The van der Waals surface area contributed by atoms with Gasteiger partial charge in [-0.1, -0.05) is 61.3 Å². The van der Waals surface area contributed by atoms with Crippen LogP contribution < -0.4 is 5.32 Å². The highest BCUT2D eigenvalue weighted by Crippen LogP contribution is 2.45. The van der Waals surface area contributed by atoms with Crippen LogP contribution in [0.15, 0.2) is 0 Å². The summed E-state index contributed by atoms with van der Waals surface area (Å²) in [6.07, 6.45) is -1.68. The van der Waals surface area contributed by atoms with Gasteiger partial charge in [-0.15, -0.1) is 0 Å². The second-order valence-electron chi connectivity index (χ2n) is 20.6. The molecule has 14 heteroatoms. The van der Waals surface area contributed by atoms with E-state index in [4.69, 9.17) is 28.4 Å². The van der Waals surface area contributed by atoms with Crippen LogP contribution in [0.1, 0.15) is 141 Å². The molecular formula is C47H91N3O11. The Labute approximate surface area is 370 Å². The Morgan fingerprint density at radius 3 is 2.15 bits per heavy atom. The monoisotopic (exact) mass is 874 g/mol. The maximum atomic E-state index is 14.6. The maximum Gasteiger partial charge on any atom is 0.311 e. The predicted octanol–water partition coefficient (Wildman–Crippen LogP) is 5.11. The molecule has 0 amide bonds. The fourth-order valence-corrected chi connectivity index (χ4v) is 10.6. The lowest BCUT2D eigenvalue weighted by Crippen LogP contribution is -2.70. The van der Waals surface area contributed by atoms with Gasteiger partial charge in [0.2, 0.25) is 0 Å². The van der Waals surface area contributed by atoms with Gasteiger partial charge in [0.05, 0.1) is 36.4 Å². The molecule has 360 valence electrons. The van der Waals surface area contributed by atoms with Crippen LogP contribution in [0.3, 0.4) is 0 Å². The molecule has 3 saturated heterocycles. The molecule has 17 atom stereocenters. The molecule has 3 rings (SSSR count). The SMILES string of the molecule is CCCCCNC[C@@]1(O)[C@H](C)O[C@H](O[C@@H]2[C@H](C)[C@@H](O[C@@H]3O[C@H](C)C[C@H](N(C)C)[C@H]3O)C(C)(C)C[C@@H](C)N(CCC)C[C@H](C)[C@@H](O)[C@](C)(O)[C@@H](CC)OC(=O)[C@@H]2C)C[C@]1(C)OC. The Balaban J connectivity index is 2.19. The van der Waals surface area contributed by atoms with Gasteiger partial charge in [-0.2, -0.15) is 0 Å². The van der Waals surface area contributed by atoms with Gasteiger partial charge in [0.1, 0.15) is 29.0 Å². The van der Waals surface area contributed by atoms with Gasteiger partial charge in [0.15, 0.2) is 12.6 Å². The number of likely N-dealkylation sites (N-methyl/N-ethyl adjacent to an activating group) is 1. The average molecular weight is 874 g/mol. The zero-order valence-corrected chi connectivity index (χ0v) is 41.1. The molecule has 0 saturated carbocycles. The highest BCUT2D eigenvalue weighted by molar-refractivity contribution is 5.73. The molecule has 3 fully saturated rings. The summed E-state index contributed by atoms with van der Waals surface area (Å²) in [5.41, 5.74) is -4.84. The third-order valence-corrected chi connectivity index (χ3v) is 14.7. The summed E-state index contributed by atoms with van der Waals surface area (Å²) in [4.78, 5) is 18.9. The van der Waals surface area contributed by atoms with Gasteiger partial charge in [0, 0.05) is 44.6 Å². The van der Waals surface area contributed by atoms with Crippen LogP contribution in [-0.2, 0) is 33.2 Å². The van der Waals surface area contributed by atoms with Crippen molar-refractivity contribution >= 4 is 5.97 Å². The zero-order chi connectivity index (χ0) is 46.2. The van der Waals surface area contributed by atoms with Crippen molar-refractivity contribution in [2.45, 2.75) is 226 Å². The Morgan fingerprint density at radius 2 is 1.57 bits per heavy atom. The van der Waals surface area contributed by atoms with Crippen molar-refractivity contribution in [2.75, 3.05) is 47.4 Å². The number of nitrogens with one attached hydrogen (secondary N) is 1. The number of carbonyl (C=O) groups excluding carboxylic acids is 1. The van der Waals surface area contributed by atoms with E-state index in [1.807, 2.05) is 60.5 Å². The van der Waals surface area contributed by atoms with Crippen LogP contribution in [0.25, 0.3) is 0 Å². The van der Waals surface area contributed by atoms with E-state index >= 15 is 0 Å². The summed E-state index contributed by atoms with van der Waals surface area (Å²) < 4.78 is 39.5. The van der Waals surface area contributed by atoms with Gasteiger partial charge in [-0.25, -0.2) is 0 Å². The topological polar surface area (TPSA) is 172 Å². The standard InChI is InChI=1S/C47H91N3O11/c1-17-20-21-22-48-28-47(55)34(9)58-37(26-45(47,12)56-16)60-39-32(7)41(61-43-38(51)35(49(14)15)24-31(6)57-43)44(10,11)25-30(5)50(23-18-2)27-29(4)40(52)46(13,54)36(19-3)59-42(53)33(39)8/h29-41,43,48,51-52,54-55H,17-28H2,1-16H3/t29-,30+,31+,32-,33+,34-,35-,36+,37+,38+,39+,40+,41+,43-,45-,46+,47+/m0/s1. The number of methoxy groups -OCH3 is 1. The summed E-state index contributed by atoms with van der Waals surface area (Å²) in [5, 5.41) is 51.2. The molecule has 3 aliphatic rings. The number of hydrogen-bond acceptors (Lipinski definition) is 14. The molecule has 0 bridgehead atoms. The molecule has 0 unspecified atom stereocenters. The van der Waals surface area contributed by atoms with E-state index in [1.165, 1.54) is 0 Å². The minimum Gasteiger partial charge on any atom is -0.459 e. The first-order valence-electron chi connectivity index (χ1n) is 23.6. The third kappa shape index (κ3) is 12.9. The maximum absolute atomic E-state index is 14.6. The van der Waals surface area contributed by atoms with Gasteiger partial charge in [0.25, 0.3) is 0 Å². The van der Waals surface area contributed by atoms with Crippen molar-refractivity contribution in [3.8, 4) is 0 Å². The molecule has 61 heavy (non-hydrogen) atoms. The smallest absolute Gasteiger partial charge is 0.311 e. The Morgan fingerprint density at radius 1 is 0.918 bits per heavy atom. The Bertz CT molecular complexity index is 1320. The molecule has 0 aromatic carbocycles. The van der Waals surface area contributed by atoms with Crippen molar-refractivity contribution in [3.63, 3.8) is 0 Å². The highest BCUT2D eigenvalue weighted by Gasteiger charge is 2.58. The third-order valence-electron chi connectivity index (χ3n) is 14.7. The van der Waals surface area contributed by atoms with Crippen LogP contribution >= 0.6 is 0 Å². The second-order valence-corrected chi connectivity index (χ2v) is 20.6. The molecule has 5 N–H and O–H groups in total. The number of unbranched alkanes of at least 4 members (excludes halogenated alkanes) is 2. The van der Waals surface area contributed by atoms with Crippen molar-refractivity contribution in [3.05, 3.63) is 0 Å². The lowest BCUT2D eigenvalue weighted by Gasteiger charge is -2.54. The molecule has 14 nitrogen and oxygen atoms in total. The number of ether oxygens (including phenoxy) is 6. The van der Waals surface area contributed by atoms with E-state index in [0.29, 0.717) is 19.4 Å². The summed E-state index contributed by atoms with van der Waals surface area (Å²) in [5.74, 6) is -2.41. The van der Waals surface area contributed by atoms with Gasteiger partial charge >= 0.3 is 5.97 Å². The first kappa shape index (κ1) is 54.3. The molecular weight excluding hydrogens is 783 g/mol. The second kappa shape index (κ2) is 22.9. The Hall–Kier alpha value is -1.01. The van der Waals surface area contributed by atoms with Crippen molar-refractivity contribution in [1.29, 1.82) is 0 Å². The zero-order valence-electron chi connectivity index (χ0n) is 41.1. The van der Waals surface area contributed by atoms with Gasteiger partial charge < -0.3 is 64.0 Å². The fourth-order valence-electron chi connectivity index (χ4n) is 10.6. The number of aliphatic hydroxyl groups is 4. The summed E-state index contributed by atoms with van der Waals surface area (Å²) in [6, 6.07) is -0.191. The average Bonchev–Trinajstić information content (AvgIpc) is 3.19. The lowest BCUT2D eigenvalue weighted by atomic mass is 9.72. The van der Waals surface area contributed by atoms with Crippen LogP contribution in [0.2, 0.25) is 0 Å². The molecule has 0 aliphatic carbocycles. The van der Waals surface area contributed by atoms with Gasteiger partial charge in [-0.05, 0) is 112 Å². The largest absolute Gasteiger partial charge is 0.459 e. The van der Waals surface area contributed by atoms with E-state index in [9.17, 15) is 25.2 Å². The minimum absolute atomic E-state index is 0.0125. The number of rotatable bonds is 15. The number of aliphatic hydroxyl groups excluding tert-OH is 2. The lowest BCUT2D eigenvalue weighted by molar-refractivity contribution is -0.334. The molecule has 3 aliphatic heterocycles. The number of nitrogens with zero attached hydrogens (tertiary/aromatic N) is 2. The van der Waals surface area contributed by atoms with E-state index in [0.717, 1.165) is 38.8 Å². The van der Waals surface area contributed by atoms with E-state index in [-0.39, 0.29) is 43.5 Å². The van der Waals surface area contributed by atoms with Crippen LogP contribution in [-0.4, -0.2) is 168 Å². The number of carbonyl (C=O) groups is 1. The summed E-state index contributed by atoms with van der Waals surface area (Å²) >= 11 is 0. The first-order valence-corrected chi connectivity index (χ1v) is 23.6. The number of cyclic esters (lactones) is 1. The normalized spacial score (nSPS) is 43.7. The van der Waals surface area contributed by atoms with E-state index in [1.54, 1.807) is 21.0 Å². The van der Waals surface area contributed by atoms with Crippen molar-refractivity contribution in [1.82, 2.24) is 15.1 Å². The van der Waals surface area contributed by atoms with Crippen LogP contribution in [0.5, 0.6) is 0 Å². The number of esters is 1. The first-order chi connectivity index (χ1) is 28.3. The highest BCUT2D eigenvalue weighted by atomic mass is 16.7. The number of hydrogen-bond donors (Lipinski definition) is 5. The quantitative estimate of drug-likeness (QED) is 0.109. The van der Waals surface area contributed by atoms with E-state index < -0.39 is 89.2 Å². The molecule has 0 radical (unpaired) electrons. The summed E-state index contributed by atoms with van der Waals surface area (Å²) in [6.45, 7) is 27.8. The molecule has 0 aromatic rings. The molecule has 3 heterocycles. The van der Waals surface area contributed by atoms with E-state index in [2.05, 4.69) is 44.8 Å². The Kier molecular flexibility index (Phi) is 20.4. The van der Waals surface area contributed by atoms with Crippen LogP contribution in [0, 0.1) is 23.2 Å². The molecule has 0 spiro atoms. The minimum atomic E-state index is -1.75. The summed E-state index contributed by atoms with van der Waals surface area (Å²) in [7, 11) is 5.48. The predicted molar refractivity (Wildman–Crippen MR) is 238 cm³/mol. The van der Waals surface area contributed by atoms with Crippen molar-refractivity contribution in [2.24, 2.45) is 23.2 Å². The van der Waals surface area contributed by atoms with Gasteiger partial charge in [-0.3, -0.25) is 4.79 Å². The van der Waals surface area contributed by atoms with Crippen LogP contribution in [0.4, 0.5) is 0 Å². The fraction of sp³-hybridized carbons (Fsp3) is 0.979. The molecule has 0 aromatic heterocycles. The van der Waals surface area contributed by atoms with Crippen molar-refractivity contribution < 1.29 is 53.6 Å².